The molecule has 2 aromatic rings. The lowest BCUT2D eigenvalue weighted by Crippen LogP contribution is -2.09. The van der Waals surface area contributed by atoms with Crippen LogP contribution in [0.25, 0.3) is 0 Å². The average Bonchev–Trinajstić information content (AvgIpc) is 3.10. The summed E-state index contributed by atoms with van der Waals surface area (Å²) in [6.45, 7) is 7.05. The van der Waals surface area contributed by atoms with Crippen LogP contribution in [-0.2, 0) is 6.54 Å². The third-order valence-corrected chi connectivity index (χ3v) is 3.68. The molecule has 110 valence electrons. The van der Waals surface area contributed by atoms with Crippen LogP contribution in [0.15, 0.2) is 18.5 Å². The van der Waals surface area contributed by atoms with Crippen LogP contribution in [0.1, 0.15) is 63.5 Å². The molecule has 0 radical (unpaired) electrons. The van der Waals surface area contributed by atoms with Gasteiger partial charge in [0.2, 0.25) is 0 Å². The van der Waals surface area contributed by atoms with Crippen LogP contribution in [0.4, 0.5) is 0 Å². The fraction of sp³-hybridized carbons (Fsp3) is 0.643. The predicted molar refractivity (Wildman–Crippen MR) is 78.2 cm³/mol. The Hall–Kier alpha value is -1.69. The molecule has 2 rings (SSSR count). The fourth-order valence-electron chi connectivity index (χ4n) is 2.26. The maximum Gasteiger partial charge on any atom is 0.0994 e. The van der Waals surface area contributed by atoms with E-state index in [-0.39, 0.29) is 6.04 Å². The van der Waals surface area contributed by atoms with Gasteiger partial charge in [-0.1, -0.05) is 26.0 Å². The van der Waals surface area contributed by atoms with Crippen LogP contribution < -0.4 is 5.73 Å². The van der Waals surface area contributed by atoms with E-state index in [2.05, 4.69) is 29.3 Å². The molecule has 6 nitrogen and oxygen atoms in total. The van der Waals surface area contributed by atoms with Gasteiger partial charge in [-0.3, -0.25) is 4.68 Å². The lowest BCUT2D eigenvalue weighted by atomic mass is 10.2. The van der Waals surface area contributed by atoms with Gasteiger partial charge in [0, 0.05) is 6.20 Å². The van der Waals surface area contributed by atoms with Gasteiger partial charge in [0.15, 0.2) is 0 Å². The van der Waals surface area contributed by atoms with Crippen molar-refractivity contribution in [3.8, 4) is 0 Å². The quantitative estimate of drug-likeness (QED) is 0.842. The van der Waals surface area contributed by atoms with Crippen molar-refractivity contribution in [1.29, 1.82) is 0 Å². The first-order valence-electron chi connectivity index (χ1n) is 7.37. The molecule has 0 fully saturated rings. The van der Waals surface area contributed by atoms with E-state index in [1.54, 1.807) is 4.68 Å². The molecule has 20 heavy (non-hydrogen) atoms. The van der Waals surface area contributed by atoms with Crippen LogP contribution in [0.2, 0.25) is 0 Å². The summed E-state index contributed by atoms with van der Waals surface area (Å²) in [6.07, 6.45) is 7.00. The highest BCUT2D eigenvalue weighted by atomic mass is 15.4. The van der Waals surface area contributed by atoms with Gasteiger partial charge in [0.25, 0.3) is 0 Å². The molecular formula is C14H24N6. The van der Waals surface area contributed by atoms with E-state index in [0.29, 0.717) is 12.6 Å². The van der Waals surface area contributed by atoms with Crippen molar-refractivity contribution < 1.29 is 0 Å². The van der Waals surface area contributed by atoms with Crippen molar-refractivity contribution in [2.75, 3.05) is 0 Å². The Bertz CT molecular complexity index is 525. The number of nitrogens with zero attached hydrogens (tertiary/aromatic N) is 5. The molecule has 0 saturated heterocycles. The zero-order valence-electron chi connectivity index (χ0n) is 12.5. The van der Waals surface area contributed by atoms with E-state index in [1.165, 1.54) is 0 Å². The van der Waals surface area contributed by atoms with Crippen LogP contribution in [-0.4, -0.2) is 24.8 Å². The fourth-order valence-corrected chi connectivity index (χ4v) is 2.26. The molecule has 0 aliphatic rings. The molecule has 0 aliphatic carbocycles. The third-order valence-electron chi connectivity index (χ3n) is 3.68. The van der Waals surface area contributed by atoms with Crippen molar-refractivity contribution in [2.45, 2.75) is 58.7 Å². The Kier molecular flexibility index (Phi) is 4.89. The summed E-state index contributed by atoms with van der Waals surface area (Å²) in [5.41, 5.74) is 7.78. The molecule has 2 aromatic heterocycles. The third kappa shape index (κ3) is 3.25. The van der Waals surface area contributed by atoms with E-state index in [0.717, 1.165) is 30.7 Å². The first-order valence-corrected chi connectivity index (χ1v) is 7.37. The first kappa shape index (κ1) is 14.7. The molecule has 0 aromatic carbocycles. The molecule has 1 unspecified atom stereocenters. The summed E-state index contributed by atoms with van der Waals surface area (Å²) in [4.78, 5) is 0. The van der Waals surface area contributed by atoms with Crippen LogP contribution in [0.5, 0.6) is 0 Å². The Morgan fingerprint density at radius 1 is 1.20 bits per heavy atom. The molecule has 6 heteroatoms. The van der Waals surface area contributed by atoms with Crippen LogP contribution in [0, 0.1) is 0 Å². The maximum atomic E-state index is 5.95. The zero-order chi connectivity index (χ0) is 14.5. The molecule has 0 spiro atoms. The second-order valence-electron chi connectivity index (χ2n) is 5.11. The standard InChI is InChI=1S/C14H24N6/c1-4-12(5-2)20-8-7-11(17-20)9-19-10-14(16-18-19)13(15)6-3/h7-8,10,12-13H,4-6,9,15H2,1-3H3. The molecule has 0 bridgehead atoms. The number of rotatable bonds is 7. The summed E-state index contributed by atoms with van der Waals surface area (Å²) < 4.78 is 3.84. The smallest absolute Gasteiger partial charge is 0.0994 e. The monoisotopic (exact) mass is 276 g/mol. The maximum absolute atomic E-state index is 5.95. The van der Waals surface area contributed by atoms with Crippen molar-refractivity contribution in [1.82, 2.24) is 24.8 Å². The van der Waals surface area contributed by atoms with E-state index in [9.17, 15) is 0 Å². The van der Waals surface area contributed by atoms with Crippen molar-refractivity contribution in [3.63, 3.8) is 0 Å². The molecule has 1 atom stereocenters. The average molecular weight is 276 g/mol. The zero-order valence-corrected chi connectivity index (χ0v) is 12.5. The van der Waals surface area contributed by atoms with Crippen molar-refractivity contribution in [2.24, 2.45) is 5.73 Å². The summed E-state index contributed by atoms with van der Waals surface area (Å²) in [7, 11) is 0. The summed E-state index contributed by atoms with van der Waals surface area (Å²) in [6, 6.07) is 2.48. The topological polar surface area (TPSA) is 74.5 Å². The van der Waals surface area contributed by atoms with Gasteiger partial charge >= 0.3 is 0 Å². The van der Waals surface area contributed by atoms with E-state index < -0.39 is 0 Å². The summed E-state index contributed by atoms with van der Waals surface area (Å²) in [5.74, 6) is 0. The highest BCUT2D eigenvalue weighted by Crippen LogP contribution is 2.15. The molecule has 2 heterocycles. The normalized spacial score (nSPS) is 13.1. The minimum absolute atomic E-state index is 0.0362. The molecule has 2 N–H and O–H groups in total. The van der Waals surface area contributed by atoms with Gasteiger partial charge in [-0.2, -0.15) is 5.10 Å². The second-order valence-corrected chi connectivity index (χ2v) is 5.11. The highest BCUT2D eigenvalue weighted by Gasteiger charge is 2.11. The molecule has 0 amide bonds. The lowest BCUT2D eigenvalue weighted by Gasteiger charge is -2.12. The van der Waals surface area contributed by atoms with Gasteiger partial charge in [0.05, 0.1) is 36.2 Å². The van der Waals surface area contributed by atoms with Gasteiger partial charge < -0.3 is 5.73 Å². The van der Waals surface area contributed by atoms with Gasteiger partial charge in [-0.05, 0) is 25.3 Å². The largest absolute Gasteiger partial charge is 0.323 e. The molecule has 0 saturated carbocycles. The summed E-state index contributed by atoms with van der Waals surface area (Å²) >= 11 is 0. The number of hydrogen-bond acceptors (Lipinski definition) is 4. The number of aromatic nitrogens is 5. The van der Waals surface area contributed by atoms with Gasteiger partial charge in [0.1, 0.15) is 0 Å². The Labute approximate surface area is 120 Å². The predicted octanol–water partition coefficient (Wildman–Crippen LogP) is 2.29. The van der Waals surface area contributed by atoms with Crippen LogP contribution in [0.3, 0.4) is 0 Å². The van der Waals surface area contributed by atoms with E-state index in [4.69, 9.17) is 5.73 Å². The van der Waals surface area contributed by atoms with E-state index in [1.807, 2.05) is 30.1 Å². The number of nitrogens with two attached hydrogens (primary N) is 1. The van der Waals surface area contributed by atoms with Gasteiger partial charge in [-0.25, -0.2) is 4.68 Å². The SMILES string of the molecule is CCC(N)c1cn(Cc2ccn(C(CC)CC)n2)nn1. The summed E-state index contributed by atoms with van der Waals surface area (Å²) in [5, 5.41) is 12.8. The second kappa shape index (κ2) is 6.65. The number of hydrogen-bond donors (Lipinski definition) is 1. The van der Waals surface area contributed by atoms with Crippen molar-refractivity contribution in [3.05, 3.63) is 29.8 Å². The lowest BCUT2D eigenvalue weighted by molar-refractivity contribution is 0.423. The Balaban J connectivity index is 2.05. The van der Waals surface area contributed by atoms with Crippen molar-refractivity contribution >= 4 is 0 Å². The van der Waals surface area contributed by atoms with Gasteiger partial charge in [-0.15, -0.1) is 5.10 Å². The minimum atomic E-state index is -0.0362. The first-order chi connectivity index (χ1) is 9.67. The van der Waals surface area contributed by atoms with Crippen LogP contribution >= 0.6 is 0 Å². The van der Waals surface area contributed by atoms with E-state index >= 15 is 0 Å². The minimum Gasteiger partial charge on any atom is -0.323 e. The molecule has 0 aliphatic heterocycles. The highest BCUT2D eigenvalue weighted by molar-refractivity contribution is 5.03. The Morgan fingerprint density at radius 2 is 1.95 bits per heavy atom. The molecular weight excluding hydrogens is 252 g/mol. The Morgan fingerprint density at radius 3 is 2.60 bits per heavy atom.